The van der Waals surface area contributed by atoms with Gasteiger partial charge in [-0.1, -0.05) is 12.8 Å². The minimum atomic E-state index is -4.18. The Balaban J connectivity index is 1.94. The Morgan fingerprint density at radius 2 is 2.10 bits per heavy atom. The predicted molar refractivity (Wildman–Crippen MR) is 68.7 cm³/mol. The molecule has 1 aliphatic rings. The Hall–Kier alpha value is -1.50. The molecule has 7 heteroatoms. The van der Waals surface area contributed by atoms with E-state index in [9.17, 15) is 18.0 Å². The van der Waals surface area contributed by atoms with Crippen LogP contribution in [0.3, 0.4) is 0 Å². The molecule has 0 aromatic carbocycles. The van der Waals surface area contributed by atoms with Crippen molar-refractivity contribution in [1.82, 2.24) is 5.32 Å². The second-order valence-electron chi connectivity index (χ2n) is 5.18. The summed E-state index contributed by atoms with van der Waals surface area (Å²) in [6.45, 7) is 0.161. The topological polar surface area (TPSA) is 51.5 Å². The number of alkyl halides is 3. The van der Waals surface area contributed by atoms with E-state index in [1.807, 2.05) is 0 Å². The Morgan fingerprint density at radius 3 is 2.76 bits per heavy atom. The van der Waals surface area contributed by atoms with Gasteiger partial charge in [0.05, 0.1) is 19.6 Å². The molecule has 4 nitrogen and oxygen atoms in total. The SMILES string of the molecule is COC(=O)c1ccc(CNC2CCCCC2C(F)(F)F)o1. The summed E-state index contributed by atoms with van der Waals surface area (Å²) in [6.07, 6.45) is -2.13. The average molecular weight is 305 g/mol. The summed E-state index contributed by atoms with van der Waals surface area (Å²) in [6, 6.07) is 2.40. The highest BCUT2D eigenvalue weighted by molar-refractivity contribution is 5.86. The third kappa shape index (κ3) is 4.00. The molecule has 0 amide bonds. The smallest absolute Gasteiger partial charge is 0.393 e. The average Bonchev–Trinajstić information content (AvgIpc) is 2.92. The summed E-state index contributed by atoms with van der Waals surface area (Å²) in [7, 11) is 1.23. The molecular weight excluding hydrogens is 287 g/mol. The van der Waals surface area contributed by atoms with E-state index in [1.54, 1.807) is 6.07 Å². The molecule has 0 bridgehead atoms. The fourth-order valence-electron chi connectivity index (χ4n) is 2.68. The number of carbonyl (C=O) groups is 1. The number of rotatable bonds is 4. The molecule has 1 fully saturated rings. The summed E-state index contributed by atoms with van der Waals surface area (Å²) in [5.41, 5.74) is 0. The van der Waals surface area contributed by atoms with E-state index >= 15 is 0 Å². The van der Waals surface area contributed by atoms with Crippen LogP contribution in [0.2, 0.25) is 0 Å². The maximum Gasteiger partial charge on any atom is 0.393 e. The first-order chi connectivity index (χ1) is 9.91. The monoisotopic (exact) mass is 305 g/mol. The summed E-state index contributed by atoms with van der Waals surface area (Å²) < 4.78 is 48.6. The predicted octanol–water partition coefficient (Wildman–Crippen LogP) is 3.28. The third-order valence-electron chi connectivity index (χ3n) is 3.77. The molecule has 0 radical (unpaired) electrons. The number of hydrogen-bond donors (Lipinski definition) is 1. The van der Waals surface area contributed by atoms with Crippen LogP contribution in [0.1, 0.15) is 42.0 Å². The van der Waals surface area contributed by atoms with Crippen LogP contribution in [0.4, 0.5) is 13.2 Å². The molecule has 1 N–H and O–H groups in total. The van der Waals surface area contributed by atoms with Crippen molar-refractivity contribution in [1.29, 1.82) is 0 Å². The van der Waals surface area contributed by atoms with E-state index in [-0.39, 0.29) is 18.7 Å². The van der Waals surface area contributed by atoms with Gasteiger partial charge in [0.1, 0.15) is 5.76 Å². The van der Waals surface area contributed by atoms with Gasteiger partial charge in [0.15, 0.2) is 0 Å². The highest BCUT2D eigenvalue weighted by Crippen LogP contribution is 2.37. The molecule has 2 atom stereocenters. The van der Waals surface area contributed by atoms with Crippen LogP contribution < -0.4 is 5.32 Å². The first kappa shape index (κ1) is 15.9. The van der Waals surface area contributed by atoms with Crippen LogP contribution in [0.25, 0.3) is 0 Å². The van der Waals surface area contributed by atoms with Gasteiger partial charge in [-0.3, -0.25) is 0 Å². The molecule has 1 heterocycles. The van der Waals surface area contributed by atoms with Crippen LogP contribution in [-0.4, -0.2) is 25.3 Å². The Labute approximate surface area is 120 Å². The van der Waals surface area contributed by atoms with Gasteiger partial charge < -0.3 is 14.5 Å². The lowest BCUT2D eigenvalue weighted by Crippen LogP contribution is -2.45. The zero-order valence-electron chi connectivity index (χ0n) is 11.7. The zero-order chi connectivity index (χ0) is 15.5. The maximum atomic E-state index is 12.9. The van der Waals surface area contributed by atoms with Gasteiger partial charge in [-0.15, -0.1) is 0 Å². The summed E-state index contributed by atoms with van der Waals surface area (Å²) >= 11 is 0. The first-order valence-corrected chi connectivity index (χ1v) is 6.89. The van der Waals surface area contributed by atoms with E-state index in [1.165, 1.54) is 13.2 Å². The van der Waals surface area contributed by atoms with Gasteiger partial charge in [0.2, 0.25) is 5.76 Å². The third-order valence-corrected chi connectivity index (χ3v) is 3.77. The van der Waals surface area contributed by atoms with Gasteiger partial charge in [0.25, 0.3) is 0 Å². The Kier molecular flexibility index (Phi) is 4.92. The van der Waals surface area contributed by atoms with Gasteiger partial charge in [-0.25, -0.2) is 4.79 Å². The van der Waals surface area contributed by atoms with Gasteiger partial charge in [-0.2, -0.15) is 13.2 Å². The maximum absolute atomic E-state index is 12.9. The van der Waals surface area contributed by atoms with E-state index in [4.69, 9.17) is 4.42 Å². The number of halogens is 3. The van der Waals surface area contributed by atoms with Gasteiger partial charge in [-0.05, 0) is 25.0 Å². The summed E-state index contributed by atoms with van der Waals surface area (Å²) in [4.78, 5) is 11.2. The fraction of sp³-hybridized carbons (Fsp3) is 0.643. The molecule has 21 heavy (non-hydrogen) atoms. The number of nitrogens with one attached hydrogen (secondary N) is 1. The standard InChI is InChI=1S/C14H18F3NO3/c1-20-13(19)12-7-6-9(21-12)8-18-11-5-3-2-4-10(11)14(15,16)17/h6-7,10-11,18H,2-5,8H2,1H3. The number of hydrogen-bond acceptors (Lipinski definition) is 4. The van der Waals surface area contributed by atoms with Gasteiger partial charge >= 0.3 is 12.1 Å². The van der Waals surface area contributed by atoms with E-state index < -0.39 is 24.1 Å². The number of methoxy groups -OCH3 is 1. The van der Waals surface area contributed by atoms with Crippen LogP contribution in [-0.2, 0) is 11.3 Å². The normalized spacial score (nSPS) is 23.0. The van der Waals surface area contributed by atoms with E-state index in [2.05, 4.69) is 10.1 Å². The minimum absolute atomic E-state index is 0.0466. The molecule has 1 saturated carbocycles. The lowest BCUT2D eigenvalue weighted by Gasteiger charge is -2.33. The summed E-state index contributed by atoms with van der Waals surface area (Å²) in [5, 5.41) is 2.90. The molecule has 0 saturated heterocycles. The van der Waals surface area contributed by atoms with Crippen LogP contribution >= 0.6 is 0 Å². The second-order valence-corrected chi connectivity index (χ2v) is 5.18. The van der Waals surface area contributed by atoms with E-state index in [0.717, 1.165) is 6.42 Å². The van der Waals surface area contributed by atoms with Crippen molar-refractivity contribution in [3.8, 4) is 0 Å². The van der Waals surface area contributed by atoms with Crippen molar-refractivity contribution >= 4 is 5.97 Å². The van der Waals surface area contributed by atoms with Crippen molar-refractivity contribution < 1.29 is 27.1 Å². The summed E-state index contributed by atoms with van der Waals surface area (Å²) in [5.74, 6) is -1.46. The zero-order valence-corrected chi connectivity index (χ0v) is 11.7. The minimum Gasteiger partial charge on any atom is -0.463 e. The molecule has 118 valence electrons. The quantitative estimate of drug-likeness (QED) is 0.867. The highest BCUT2D eigenvalue weighted by atomic mass is 19.4. The molecule has 2 unspecified atom stereocenters. The molecular formula is C14H18F3NO3. The van der Waals surface area contributed by atoms with Crippen molar-refractivity contribution in [3.63, 3.8) is 0 Å². The molecule has 0 aliphatic heterocycles. The Bertz CT molecular complexity index is 484. The van der Waals surface area contributed by atoms with Crippen LogP contribution in [0.15, 0.2) is 16.5 Å². The molecule has 1 aromatic heterocycles. The van der Waals surface area contributed by atoms with Crippen molar-refractivity contribution in [2.75, 3.05) is 7.11 Å². The number of furan rings is 1. The molecule has 0 spiro atoms. The highest BCUT2D eigenvalue weighted by Gasteiger charge is 2.45. The first-order valence-electron chi connectivity index (χ1n) is 6.89. The van der Waals surface area contributed by atoms with Gasteiger partial charge in [0, 0.05) is 6.04 Å². The molecule has 1 aromatic rings. The number of carbonyl (C=O) groups excluding carboxylic acids is 1. The molecule has 1 aliphatic carbocycles. The van der Waals surface area contributed by atoms with Crippen molar-refractivity contribution in [3.05, 3.63) is 23.7 Å². The van der Waals surface area contributed by atoms with Crippen molar-refractivity contribution in [2.24, 2.45) is 5.92 Å². The number of esters is 1. The lowest BCUT2D eigenvalue weighted by molar-refractivity contribution is -0.189. The fourth-order valence-corrected chi connectivity index (χ4v) is 2.68. The molecule has 2 rings (SSSR count). The number of ether oxygens (including phenoxy) is 1. The Morgan fingerprint density at radius 1 is 1.38 bits per heavy atom. The van der Waals surface area contributed by atoms with Crippen LogP contribution in [0.5, 0.6) is 0 Å². The van der Waals surface area contributed by atoms with E-state index in [0.29, 0.717) is 18.6 Å². The largest absolute Gasteiger partial charge is 0.463 e. The lowest BCUT2D eigenvalue weighted by atomic mass is 9.84. The van der Waals surface area contributed by atoms with Crippen LogP contribution in [0, 0.1) is 5.92 Å². The van der Waals surface area contributed by atoms with Crippen molar-refractivity contribution in [2.45, 2.75) is 44.4 Å². The second kappa shape index (κ2) is 6.51.